The van der Waals surface area contributed by atoms with Crippen LogP contribution in [0.3, 0.4) is 0 Å². The molecule has 0 N–H and O–H groups in total. The number of nitrogens with zero attached hydrogens (tertiary/aromatic N) is 1. The number of hydrogen-bond acceptors (Lipinski definition) is 3. The molecular weight excluding hydrogens is 290 g/mol. The van der Waals surface area contributed by atoms with Gasteiger partial charge in [0.1, 0.15) is 11.5 Å². The third kappa shape index (κ3) is 2.46. The van der Waals surface area contributed by atoms with Crippen molar-refractivity contribution < 1.29 is 9.66 Å². The van der Waals surface area contributed by atoms with Gasteiger partial charge in [-0.2, -0.15) is 0 Å². The molecule has 0 atom stereocenters. The van der Waals surface area contributed by atoms with Gasteiger partial charge in [-0.3, -0.25) is 10.1 Å². The van der Waals surface area contributed by atoms with Gasteiger partial charge in [-0.15, -0.1) is 0 Å². The SMILES string of the molecule is O=[N+]([O-])c1ccccc1C1C2=C(CCCC2)OC2=C1CCCC2. The molecule has 4 rings (SSSR count). The van der Waals surface area contributed by atoms with E-state index in [9.17, 15) is 10.1 Å². The van der Waals surface area contributed by atoms with Crippen LogP contribution in [0.25, 0.3) is 0 Å². The first kappa shape index (κ1) is 14.5. The second kappa shape index (κ2) is 5.84. The highest BCUT2D eigenvalue weighted by molar-refractivity contribution is 5.53. The fraction of sp³-hybridized carbons (Fsp3) is 0.474. The van der Waals surface area contributed by atoms with Gasteiger partial charge >= 0.3 is 0 Å². The fourth-order valence-corrected chi connectivity index (χ4v) is 4.28. The van der Waals surface area contributed by atoms with Crippen molar-refractivity contribution in [3.05, 3.63) is 62.6 Å². The van der Waals surface area contributed by atoms with Gasteiger partial charge < -0.3 is 4.74 Å². The standard InChI is InChI=1S/C19H21NO3/c21-20(22)16-10-4-1-7-13(16)19-14-8-2-5-11-17(14)23-18-12-6-3-9-15(18)19/h1,4,7,10,19H,2-3,5-6,8-9,11-12H2. The summed E-state index contributed by atoms with van der Waals surface area (Å²) in [5.74, 6) is 2.26. The Morgan fingerprint density at radius 2 is 1.48 bits per heavy atom. The van der Waals surface area contributed by atoms with Crippen LogP contribution in [0.15, 0.2) is 46.9 Å². The molecule has 0 bridgehead atoms. The number of para-hydroxylation sites is 1. The van der Waals surface area contributed by atoms with Crippen LogP contribution in [-0.2, 0) is 4.74 Å². The normalized spacial score (nSPS) is 21.6. The Kier molecular flexibility index (Phi) is 3.68. The van der Waals surface area contributed by atoms with E-state index in [-0.39, 0.29) is 16.5 Å². The van der Waals surface area contributed by atoms with Crippen LogP contribution in [0.4, 0.5) is 5.69 Å². The Balaban J connectivity index is 1.88. The third-order valence-corrected chi connectivity index (χ3v) is 5.30. The minimum absolute atomic E-state index is 0.0657. The van der Waals surface area contributed by atoms with Gasteiger partial charge in [0.2, 0.25) is 0 Å². The molecule has 1 heterocycles. The van der Waals surface area contributed by atoms with Gasteiger partial charge in [0, 0.05) is 30.4 Å². The van der Waals surface area contributed by atoms with E-state index in [1.54, 1.807) is 12.1 Å². The average Bonchev–Trinajstić information content (AvgIpc) is 2.59. The molecule has 1 aromatic rings. The number of nitro groups is 1. The zero-order valence-corrected chi connectivity index (χ0v) is 13.2. The fourth-order valence-electron chi connectivity index (χ4n) is 4.28. The van der Waals surface area contributed by atoms with Crippen molar-refractivity contribution in [1.82, 2.24) is 0 Å². The molecule has 0 radical (unpaired) electrons. The lowest BCUT2D eigenvalue weighted by Crippen LogP contribution is -2.22. The lowest BCUT2D eigenvalue weighted by atomic mass is 9.73. The minimum Gasteiger partial charge on any atom is -0.466 e. The van der Waals surface area contributed by atoms with E-state index >= 15 is 0 Å². The summed E-state index contributed by atoms with van der Waals surface area (Å²) in [5.41, 5.74) is 3.69. The monoisotopic (exact) mass is 311 g/mol. The van der Waals surface area contributed by atoms with Crippen LogP contribution in [0.1, 0.15) is 62.8 Å². The lowest BCUT2D eigenvalue weighted by Gasteiger charge is -2.37. The number of nitro benzene ring substituents is 1. The molecule has 23 heavy (non-hydrogen) atoms. The molecule has 1 aromatic carbocycles. The van der Waals surface area contributed by atoms with Crippen molar-refractivity contribution in [2.75, 3.05) is 0 Å². The molecule has 2 aliphatic carbocycles. The summed E-state index contributed by atoms with van der Waals surface area (Å²) >= 11 is 0. The van der Waals surface area contributed by atoms with Gasteiger partial charge in [0.05, 0.1) is 4.92 Å². The molecular formula is C19H21NO3. The second-order valence-electron chi connectivity index (χ2n) is 6.66. The number of allylic oxidation sites excluding steroid dienone is 4. The third-order valence-electron chi connectivity index (χ3n) is 5.30. The van der Waals surface area contributed by atoms with Crippen LogP contribution in [-0.4, -0.2) is 4.92 Å². The van der Waals surface area contributed by atoms with Crippen molar-refractivity contribution in [1.29, 1.82) is 0 Å². The molecule has 4 heteroatoms. The Hall–Kier alpha value is -2.10. The molecule has 120 valence electrons. The lowest BCUT2D eigenvalue weighted by molar-refractivity contribution is -0.385. The van der Waals surface area contributed by atoms with E-state index in [4.69, 9.17) is 4.74 Å². The van der Waals surface area contributed by atoms with E-state index in [1.807, 2.05) is 12.1 Å². The largest absolute Gasteiger partial charge is 0.466 e. The Morgan fingerprint density at radius 3 is 2.09 bits per heavy atom. The van der Waals surface area contributed by atoms with E-state index in [1.165, 1.54) is 11.1 Å². The zero-order chi connectivity index (χ0) is 15.8. The van der Waals surface area contributed by atoms with E-state index in [0.717, 1.165) is 68.4 Å². The smallest absolute Gasteiger partial charge is 0.273 e. The highest BCUT2D eigenvalue weighted by Crippen LogP contribution is 2.51. The van der Waals surface area contributed by atoms with Gasteiger partial charge in [-0.05, 0) is 49.7 Å². The quantitative estimate of drug-likeness (QED) is 0.545. The first-order valence-corrected chi connectivity index (χ1v) is 8.60. The molecule has 0 spiro atoms. The first-order chi connectivity index (χ1) is 11.3. The molecule has 0 aromatic heterocycles. The van der Waals surface area contributed by atoms with Crippen molar-refractivity contribution >= 4 is 5.69 Å². The summed E-state index contributed by atoms with van der Waals surface area (Å²) in [6.45, 7) is 0. The molecule has 0 saturated heterocycles. The predicted molar refractivity (Wildman–Crippen MR) is 87.9 cm³/mol. The molecule has 0 unspecified atom stereocenters. The topological polar surface area (TPSA) is 52.4 Å². The maximum absolute atomic E-state index is 11.5. The van der Waals surface area contributed by atoms with Crippen LogP contribution in [0.5, 0.6) is 0 Å². The molecule has 4 nitrogen and oxygen atoms in total. The van der Waals surface area contributed by atoms with Crippen molar-refractivity contribution in [2.45, 2.75) is 57.3 Å². The predicted octanol–water partition coefficient (Wildman–Crippen LogP) is 5.36. The maximum Gasteiger partial charge on any atom is 0.273 e. The summed E-state index contributed by atoms with van der Waals surface area (Å²) in [6.07, 6.45) is 8.58. The highest BCUT2D eigenvalue weighted by Gasteiger charge is 2.37. The summed E-state index contributed by atoms with van der Waals surface area (Å²) < 4.78 is 6.24. The number of ether oxygens (including phenoxy) is 1. The molecule has 0 saturated carbocycles. The van der Waals surface area contributed by atoms with Gasteiger partial charge in [0.15, 0.2) is 0 Å². The molecule has 0 amide bonds. The summed E-state index contributed by atoms with van der Waals surface area (Å²) in [7, 11) is 0. The van der Waals surface area contributed by atoms with Crippen LogP contribution in [0, 0.1) is 10.1 Å². The zero-order valence-electron chi connectivity index (χ0n) is 13.2. The Bertz CT molecular complexity index is 685. The summed E-state index contributed by atoms with van der Waals surface area (Å²) in [5, 5.41) is 11.5. The van der Waals surface area contributed by atoms with Gasteiger partial charge in [0.25, 0.3) is 5.69 Å². The van der Waals surface area contributed by atoms with Crippen molar-refractivity contribution in [2.24, 2.45) is 0 Å². The first-order valence-electron chi connectivity index (χ1n) is 8.60. The average molecular weight is 311 g/mol. The van der Waals surface area contributed by atoms with E-state index in [0.29, 0.717) is 0 Å². The Morgan fingerprint density at radius 1 is 0.913 bits per heavy atom. The van der Waals surface area contributed by atoms with Gasteiger partial charge in [-0.25, -0.2) is 0 Å². The second-order valence-corrected chi connectivity index (χ2v) is 6.66. The number of benzene rings is 1. The van der Waals surface area contributed by atoms with Gasteiger partial charge in [-0.1, -0.05) is 18.2 Å². The summed E-state index contributed by atoms with van der Waals surface area (Å²) in [4.78, 5) is 11.3. The van der Waals surface area contributed by atoms with Crippen LogP contribution in [0.2, 0.25) is 0 Å². The van der Waals surface area contributed by atoms with Crippen molar-refractivity contribution in [3.8, 4) is 0 Å². The molecule has 1 aliphatic heterocycles. The van der Waals surface area contributed by atoms with E-state index < -0.39 is 0 Å². The van der Waals surface area contributed by atoms with E-state index in [2.05, 4.69) is 0 Å². The van der Waals surface area contributed by atoms with Crippen molar-refractivity contribution in [3.63, 3.8) is 0 Å². The highest BCUT2D eigenvalue weighted by atomic mass is 16.6. The van der Waals surface area contributed by atoms with Crippen LogP contribution >= 0.6 is 0 Å². The maximum atomic E-state index is 11.5. The summed E-state index contributed by atoms with van der Waals surface area (Å²) in [6, 6.07) is 7.25. The Labute approximate surface area is 136 Å². The molecule has 3 aliphatic rings. The number of rotatable bonds is 2. The molecule has 0 fully saturated rings. The van der Waals surface area contributed by atoms with Crippen LogP contribution < -0.4 is 0 Å². The minimum atomic E-state index is -0.239. The number of hydrogen-bond donors (Lipinski definition) is 0.